The van der Waals surface area contributed by atoms with Gasteiger partial charge in [-0.15, -0.1) is 0 Å². The number of anilines is 1. The minimum atomic E-state index is -0.196. The van der Waals surface area contributed by atoms with Crippen molar-refractivity contribution in [1.82, 2.24) is 14.3 Å². The number of fused-ring (bicyclic) bond motifs is 1. The van der Waals surface area contributed by atoms with Crippen LogP contribution in [0.4, 0.5) is 5.82 Å². The molecule has 8 heteroatoms. The Hall–Kier alpha value is -2.97. The van der Waals surface area contributed by atoms with Crippen LogP contribution in [0.3, 0.4) is 0 Å². The van der Waals surface area contributed by atoms with Gasteiger partial charge in [0.1, 0.15) is 15.8 Å². The van der Waals surface area contributed by atoms with Gasteiger partial charge in [-0.25, -0.2) is 4.98 Å². The third kappa shape index (κ3) is 4.79. The van der Waals surface area contributed by atoms with E-state index in [4.69, 9.17) is 17.2 Å². The van der Waals surface area contributed by atoms with Crippen molar-refractivity contribution in [2.24, 2.45) is 0 Å². The zero-order valence-corrected chi connectivity index (χ0v) is 20.4. The summed E-state index contributed by atoms with van der Waals surface area (Å²) in [6.45, 7) is 0.508. The Balaban J connectivity index is 1.46. The maximum Gasteiger partial charge on any atom is 0.267 e. The quantitative estimate of drug-likeness (QED) is 0.392. The summed E-state index contributed by atoms with van der Waals surface area (Å²) in [6.07, 6.45) is 9.77. The van der Waals surface area contributed by atoms with Crippen molar-refractivity contribution in [3.05, 3.63) is 81.1 Å². The zero-order chi connectivity index (χ0) is 23.5. The maximum absolute atomic E-state index is 13.4. The van der Waals surface area contributed by atoms with Crippen molar-refractivity contribution in [2.75, 3.05) is 11.9 Å². The number of nitrogens with one attached hydrogen (secondary N) is 1. The van der Waals surface area contributed by atoms with Gasteiger partial charge in [0.2, 0.25) is 0 Å². The Morgan fingerprint density at radius 2 is 1.82 bits per heavy atom. The lowest BCUT2D eigenvalue weighted by Crippen LogP contribution is -2.30. The van der Waals surface area contributed by atoms with Crippen LogP contribution in [0, 0.1) is 0 Å². The molecule has 1 saturated carbocycles. The Morgan fingerprint density at radius 3 is 2.62 bits per heavy atom. The molecule has 2 fully saturated rings. The van der Waals surface area contributed by atoms with E-state index in [-0.39, 0.29) is 17.5 Å². The molecule has 1 N–H and O–H groups in total. The fourth-order valence-corrected chi connectivity index (χ4v) is 5.78. The minimum absolute atomic E-state index is 0.160. The molecule has 2 aliphatic rings. The molecule has 1 aliphatic carbocycles. The average molecular weight is 491 g/mol. The highest BCUT2D eigenvalue weighted by Crippen LogP contribution is 2.33. The molecule has 0 atom stereocenters. The molecule has 2 aromatic heterocycles. The molecule has 174 valence electrons. The number of amides is 1. The second-order valence-electron chi connectivity index (χ2n) is 8.66. The van der Waals surface area contributed by atoms with Crippen molar-refractivity contribution < 1.29 is 4.79 Å². The van der Waals surface area contributed by atoms with Gasteiger partial charge in [0.25, 0.3) is 11.5 Å². The number of nitrogens with zero attached hydrogens (tertiary/aromatic N) is 3. The molecule has 6 nitrogen and oxygen atoms in total. The van der Waals surface area contributed by atoms with Gasteiger partial charge < -0.3 is 5.32 Å². The smallest absolute Gasteiger partial charge is 0.267 e. The van der Waals surface area contributed by atoms with Gasteiger partial charge >= 0.3 is 0 Å². The molecular formula is C26H26N4O2S2. The second-order valence-corrected chi connectivity index (χ2v) is 10.3. The van der Waals surface area contributed by atoms with Crippen molar-refractivity contribution in [3.8, 4) is 0 Å². The monoisotopic (exact) mass is 490 g/mol. The van der Waals surface area contributed by atoms with E-state index >= 15 is 0 Å². The van der Waals surface area contributed by atoms with Crippen molar-refractivity contribution in [3.63, 3.8) is 0 Å². The summed E-state index contributed by atoms with van der Waals surface area (Å²) in [5.41, 5.74) is 1.94. The average Bonchev–Trinajstić information content (AvgIpc) is 3.13. The number of hydrogen-bond donors (Lipinski definition) is 1. The number of carbonyl (C=O) groups is 1. The summed E-state index contributed by atoms with van der Waals surface area (Å²) in [7, 11) is 0. The minimum Gasteiger partial charge on any atom is -0.367 e. The fraction of sp³-hybridized carbons (Fsp3) is 0.308. The zero-order valence-electron chi connectivity index (χ0n) is 18.8. The second kappa shape index (κ2) is 10.1. The number of carbonyl (C=O) groups excluding carboxylic acids is 1. The lowest BCUT2D eigenvalue weighted by Gasteiger charge is -2.24. The van der Waals surface area contributed by atoms with Gasteiger partial charge in [0.05, 0.1) is 10.5 Å². The largest absolute Gasteiger partial charge is 0.367 e. The van der Waals surface area contributed by atoms with Crippen LogP contribution < -0.4 is 10.9 Å². The molecule has 0 bridgehead atoms. The first kappa shape index (κ1) is 22.8. The first-order valence-corrected chi connectivity index (χ1v) is 12.9. The van der Waals surface area contributed by atoms with Crippen LogP contribution in [0.25, 0.3) is 11.7 Å². The molecule has 0 radical (unpaired) electrons. The molecule has 1 amide bonds. The fourth-order valence-electron chi connectivity index (χ4n) is 4.49. The molecular weight excluding hydrogens is 464 g/mol. The van der Waals surface area contributed by atoms with E-state index in [9.17, 15) is 9.59 Å². The van der Waals surface area contributed by atoms with E-state index in [2.05, 4.69) is 5.32 Å². The third-order valence-corrected chi connectivity index (χ3v) is 7.71. The van der Waals surface area contributed by atoms with Gasteiger partial charge in [-0.1, -0.05) is 79.6 Å². The number of aromatic nitrogens is 2. The summed E-state index contributed by atoms with van der Waals surface area (Å²) < 4.78 is 2.04. The predicted octanol–water partition coefficient (Wildman–Crippen LogP) is 4.88. The van der Waals surface area contributed by atoms with Crippen LogP contribution in [0.2, 0.25) is 0 Å². The van der Waals surface area contributed by atoms with E-state index < -0.39 is 0 Å². The van der Waals surface area contributed by atoms with E-state index in [1.165, 1.54) is 35.4 Å². The highest BCUT2D eigenvalue weighted by Gasteiger charge is 2.32. The Bertz CT molecular complexity index is 1310. The van der Waals surface area contributed by atoms with Crippen LogP contribution in [0.1, 0.15) is 43.2 Å². The Kier molecular flexibility index (Phi) is 6.78. The van der Waals surface area contributed by atoms with Gasteiger partial charge in [0, 0.05) is 18.8 Å². The number of rotatable bonds is 6. The molecule has 0 spiro atoms. The van der Waals surface area contributed by atoms with Crippen molar-refractivity contribution >= 4 is 51.7 Å². The molecule has 1 aliphatic heterocycles. The van der Waals surface area contributed by atoms with Gasteiger partial charge in [0.15, 0.2) is 0 Å². The molecule has 1 saturated heterocycles. The van der Waals surface area contributed by atoms with Crippen LogP contribution in [0.5, 0.6) is 0 Å². The molecule has 3 aromatic rings. The van der Waals surface area contributed by atoms with Crippen LogP contribution >= 0.6 is 24.0 Å². The summed E-state index contributed by atoms with van der Waals surface area (Å²) in [5, 5.41) is 3.50. The van der Waals surface area contributed by atoms with E-state index in [0.29, 0.717) is 32.8 Å². The lowest BCUT2D eigenvalue weighted by atomic mass is 9.95. The number of pyridine rings is 1. The van der Waals surface area contributed by atoms with Gasteiger partial charge in [-0.3, -0.25) is 18.9 Å². The van der Waals surface area contributed by atoms with Crippen molar-refractivity contribution in [2.45, 2.75) is 44.6 Å². The van der Waals surface area contributed by atoms with Crippen LogP contribution in [0.15, 0.2) is 64.4 Å². The Labute approximate surface area is 208 Å². The molecule has 1 aromatic carbocycles. The third-order valence-electron chi connectivity index (χ3n) is 6.33. The molecule has 0 unspecified atom stereocenters. The lowest BCUT2D eigenvalue weighted by molar-refractivity contribution is -0.122. The first-order valence-electron chi connectivity index (χ1n) is 11.7. The van der Waals surface area contributed by atoms with Gasteiger partial charge in [-0.2, -0.15) is 0 Å². The summed E-state index contributed by atoms with van der Waals surface area (Å²) in [6, 6.07) is 15.8. The van der Waals surface area contributed by atoms with Crippen LogP contribution in [-0.2, 0) is 11.2 Å². The van der Waals surface area contributed by atoms with E-state index in [0.717, 1.165) is 24.8 Å². The SMILES string of the molecule is O=C1C(=Cc2c(NC3CCCCC3)nc3ccccn3c2=O)SC(=S)N1CCc1ccccc1. The van der Waals surface area contributed by atoms with E-state index in [1.54, 1.807) is 23.2 Å². The predicted molar refractivity (Wildman–Crippen MR) is 142 cm³/mol. The van der Waals surface area contributed by atoms with Gasteiger partial charge in [-0.05, 0) is 43.0 Å². The summed E-state index contributed by atoms with van der Waals surface area (Å²) in [4.78, 5) is 33.5. The highest BCUT2D eigenvalue weighted by molar-refractivity contribution is 8.26. The molecule has 34 heavy (non-hydrogen) atoms. The van der Waals surface area contributed by atoms with Crippen molar-refractivity contribution in [1.29, 1.82) is 0 Å². The molecule has 3 heterocycles. The first-order chi connectivity index (χ1) is 16.6. The Morgan fingerprint density at radius 1 is 1.06 bits per heavy atom. The standard InChI is InChI=1S/C26H26N4O2S2/c31-24-20(17-21-25(32)30(26(33)34-21)16-14-18-9-3-1-4-10-18)23(27-19-11-5-2-6-12-19)28-22-13-7-8-15-29(22)24/h1,3-4,7-10,13,15,17,19,27H,2,5-6,11-12,14,16H2. The number of benzene rings is 1. The highest BCUT2D eigenvalue weighted by atomic mass is 32.2. The number of thioether (sulfide) groups is 1. The number of thiocarbonyl (C=S) groups is 1. The normalized spacial score (nSPS) is 18.2. The topological polar surface area (TPSA) is 66.7 Å². The summed E-state index contributed by atoms with van der Waals surface area (Å²) >= 11 is 6.76. The molecule has 5 rings (SSSR count). The van der Waals surface area contributed by atoms with E-state index in [1.807, 2.05) is 42.5 Å². The number of hydrogen-bond acceptors (Lipinski definition) is 6. The maximum atomic E-state index is 13.4. The summed E-state index contributed by atoms with van der Waals surface area (Å²) in [5.74, 6) is 0.379. The van der Waals surface area contributed by atoms with Crippen LogP contribution in [-0.4, -0.2) is 37.1 Å².